The predicted molar refractivity (Wildman–Crippen MR) is 217 cm³/mol. The van der Waals surface area contributed by atoms with Gasteiger partial charge < -0.3 is 9.64 Å². The second-order valence-electron chi connectivity index (χ2n) is 15.6. The number of ether oxygens (including phenoxy) is 1. The van der Waals surface area contributed by atoms with Gasteiger partial charge in [0.25, 0.3) is 0 Å². The van der Waals surface area contributed by atoms with Crippen molar-refractivity contribution in [2.75, 3.05) is 20.6 Å². The van der Waals surface area contributed by atoms with E-state index in [4.69, 9.17) is 4.74 Å². The molecule has 0 spiro atoms. The fourth-order valence-corrected chi connectivity index (χ4v) is 7.28. The molecule has 0 radical (unpaired) electrons. The first-order valence-corrected chi connectivity index (χ1v) is 21.5. The second kappa shape index (κ2) is 33.5. The number of rotatable bonds is 35. The van der Waals surface area contributed by atoms with E-state index in [2.05, 4.69) is 81.5 Å². The molecule has 3 nitrogen and oxygen atoms in total. The Bertz CT molecular complexity index is 797. The summed E-state index contributed by atoms with van der Waals surface area (Å²) >= 11 is 0. The van der Waals surface area contributed by atoms with E-state index >= 15 is 0 Å². The standard InChI is InChI=1S/C46H83NO2/c1-5-7-9-11-13-15-17-19-21-23-25-27-29-31-33-35-39-46(42-44(43-46)49-45(48)38-37-41-47(3)4)40-36-34-32-30-28-26-24-22-20-18-16-14-12-10-8-6-2/h13-16,19-22,44H,5-12,17-18,23-43H2,1-4H3/b15-13-,16-14-,21-19-,22-20-. The number of esters is 1. The third-order valence-electron chi connectivity index (χ3n) is 10.4. The summed E-state index contributed by atoms with van der Waals surface area (Å²) in [6.45, 7) is 5.48. The number of carbonyl (C=O) groups is 1. The highest BCUT2D eigenvalue weighted by molar-refractivity contribution is 5.69. The zero-order chi connectivity index (χ0) is 35.5. The van der Waals surface area contributed by atoms with Crippen molar-refractivity contribution in [1.29, 1.82) is 0 Å². The number of nitrogens with zero attached hydrogens (tertiary/aromatic N) is 1. The van der Waals surface area contributed by atoms with Crippen LogP contribution in [-0.4, -0.2) is 37.6 Å². The van der Waals surface area contributed by atoms with Gasteiger partial charge in [-0.05, 0) is 122 Å². The van der Waals surface area contributed by atoms with Gasteiger partial charge in [0.05, 0.1) is 0 Å². The van der Waals surface area contributed by atoms with Crippen LogP contribution < -0.4 is 0 Å². The van der Waals surface area contributed by atoms with Gasteiger partial charge >= 0.3 is 5.97 Å². The molecule has 0 aromatic carbocycles. The molecule has 284 valence electrons. The molecule has 0 aliphatic heterocycles. The number of carbonyl (C=O) groups excluding carboxylic acids is 1. The lowest BCUT2D eigenvalue weighted by Gasteiger charge is -2.47. The molecule has 0 saturated heterocycles. The number of unbranched alkanes of at least 4 members (excludes halogenated alkanes) is 18. The molecule has 0 amide bonds. The van der Waals surface area contributed by atoms with Crippen LogP contribution in [0.4, 0.5) is 0 Å². The summed E-state index contributed by atoms with van der Waals surface area (Å²) in [7, 11) is 4.13. The summed E-state index contributed by atoms with van der Waals surface area (Å²) in [6.07, 6.45) is 56.7. The normalized spacial score (nSPS) is 15.1. The quantitative estimate of drug-likeness (QED) is 0.0379. The fraction of sp³-hybridized carbons (Fsp3) is 0.804. The maximum atomic E-state index is 12.4. The van der Waals surface area contributed by atoms with E-state index in [9.17, 15) is 4.79 Å². The molecule has 0 aromatic rings. The lowest BCUT2D eigenvalue weighted by molar-refractivity contribution is -0.162. The van der Waals surface area contributed by atoms with Crippen LogP contribution in [0.2, 0.25) is 0 Å². The lowest BCUT2D eigenvalue weighted by Crippen LogP contribution is -2.43. The van der Waals surface area contributed by atoms with Gasteiger partial charge in [0.2, 0.25) is 0 Å². The highest BCUT2D eigenvalue weighted by atomic mass is 16.5. The minimum atomic E-state index is 0.0166. The van der Waals surface area contributed by atoms with Crippen molar-refractivity contribution in [3.8, 4) is 0 Å². The van der Waals surface area contributed by atoms with E-state index in [1.165, 1.54) is 154 Å². The smallest absolute Gasteiger partial charge is 0.306 e. The molecule has 0 heterocycles. The Hall–Kier alpha value is -1.61. The zero-order valence-corrected chi connectivity index (χ0v) is 33.4. The molecule has 1 aliphatic rings. The van der Waals surface area contributed by atoms with Gasteiger partial charge in [0, 0.05) is 6.42 Å². The summed E-state index contributed by atoms with van der Waals surface area (Å²) < 4.78 is 5.91. The molecule has 1 fully saturated rings. The van der Waals surface area contributed by atoms with Crippen LogP contribution in [0.5, 0.6) is 0 Å². The minimum absolute atomic E-state index is 0.0166. The summed E-state index contributed by atoms with van der Waals surface area (Å²) in [5.74, 6) is 0.0166. The molecule has 0 N–H and O–H groups in total. The van der Waals surface area contributed by atoms with E-state index in [0.717, 1.165) is 38.6 Å². The van der Waals surface area contributed by atoms with E-state index < -0.39 is 0 Å². The average Bonchev–Trinajstić information content (AvgIpc) is 3.06. The van der Waals surface area contributed by atoms with Crippen molar-refractivity contribution in [1.82, 2.24) is 4.90 Å². The Labute approximate surface area is 306 Å². The molecule has 1 saturated carbocycles. The van der Waals surface area contributed by atoms with Crippen molar-refractivity contribution in [2.24, 2.45) is 5.41 Å². The Morgan fingerprint density at radius 1 is 0.551 bits per heavy atom. The SMILES string of the molecule is CCCCC/C=C\C/C=C\CCCCCCCCC1(CCCCCCCC/C=C\C/C=C\CCCCC)CC(OC(=O)CCCN(C)C)C1. The average molecular weight is 682 g/mol. The summed E-state index contributed by atoms with van der Waals surface area (Å²) in [6, 6.07) is 0. The molecule has 0 atom stereocenters. The van der Waals surface area contributed by atoms with E-state index in [-0.39, 0.29) is 12.1 Å². The van der Waals surface area contributed by atoms with E-state index in [1.54, 1.807) is 0 Å². The predicted octanol–water partition coefficient (Wildman–Crippen LogP) is 14.4. The van der Waals surface area contributed by atoms with Crippen molar-refractivity contribution in [3.05, 3.63) is 48.6 Å². The first-order valence-electron chi connectivity index (χ1n) is 21.5. The highest BCUT2D eigenvalue weighted by Crippen LogP contribution is 2.50. The Kier molecular flexibility index (Phi) is 31.1. The van der Waals surface area contributed by atoms with Gasteiger partial charge in [-0.3, -0.25) is 4.79 Å². The molecule has 1 aliphatic carbocycles. The van der Waals surface area contributed by atoms with Gasteiger partial charge in [0.15, 0.2) is 0 Å². The summed E-state index contributed by atoms with van der Waals surface area (Å²) in [5.41, 5.74) is 0.430. The molecule has 49 heavy (non-hydrogen) atoms. The Morgan fingerprint density at radius 3 is 1.35 bits per heavy atom. The van der Waals surface area contributed by atoms with Crippen LogP contribution in [-0.2, 0) is 9.53 Å². The molecular weight excluding hydrogens is 599 g/mol. The minimum Gasteiger partial charge on any atom is -0.462 e. The topological polar surface area (TPSA) is 29.5 Å². The van der Waals surface area contributed by atoms with Crippen LogP contribution in [0.25, 0.3) is 0 Å². The summed E-state index contributed by atoms with van der Waals surface area (Å²) in [4.78, 5) is 14.6. The molecule has 0 bridgehead atoms. The van der Waals surface area contributed by atoms with Gasteiger partial charge in [-0.25, -0.2) is 0 Å². The van der Waals surface area contributed by atoms with Crippen LogP contribution in [0.15, 0.2) is 48.6 Å². The summed E-state index contributed by atoms with van der Waals surface area (Å²) in [5, 5.41) is 0. The Morgan fingerprint density at radius 2 is 0.939 bits per heavy atom. The fourth-order valence-electron chi connectivity index (χ4n) is 7.28. The van der Waals surface area contributed by atoms with E-state index in [0.29, 0.717) is 11.8 Å². The second-order valence-corrected chi connectivity index (χ2v) is 15.6. The highest BCUT2D eigenvalue weighted by Gasteiger charge is 2.44. The van der Waals surface area contributed by atoms with Gasteiger partial charge in [-0.15, -0.1) is 0 Å². The zero-order valence-electron chi connectivity index (χ0n) is 33.4. The third kappa shape index (κ3) is 28.7. The molecular formula is C46H83NO2. The number of allylic oxidation sites excluding steroid dienone is 8. The number of hydrogen-bond acceptors (Lipinski definition) is 3. The Balaban J connectivity index is 2.22. The van der Waals surface area contributed by atoms with Gasteiger partial charge in [-0.1, -0.05) is 152 Å². The monoisotopic (exact) mass is 682 g/mol. The lowest BCUT2D eigenvalue weighted by atomic mass is 9.61. The first kappa shape index (κ1) is 45.4. The molecule has 0 aromatic heterocycles. The van der Waals surface area contributed by atoms with Crippen molar-refractivity contribution >= 4 is 5.97 Å². The first-order chi connectivity index (χ1) is 24.0. The molecule has 1 rings (SSSR count). The van der Waals surface area contributed by atoms with Crippen molar-refractivity contribution in [2.45, 2.75) is 213 Å². The van der Waals surface area contributed by atoms with Crippen LogP contribution in [0.3, 0.4) is 0 Å². The van der Waals surface area contributed by atoms with Crippen molar-refractivity contribution in [3.63, 3.8) is 0 Å². The van der Waals surface area contributed by atoms with Crippen LogP contribution in [0.1, 0.15) is 206 Å². The molecule has 3 heteroatoms. The van der Waals surface area contributed by atoms with Gasteiger partial charge in [0.1, 0.15) is 6.10 Å². The maximum absolute atomic E-state index is 12.4. The van der Waals surface area contributed by atoms with E-state index in [1.807, 2.05) is 0 Å². The van der Waals surface area contributed by atoms with Crippen LogP contribution >= 0.6 is 0 Å². The molecule has 0 unspecified atom stereocenters. The van der Waals surface area contributed by atoms with Crippen molar-refractivity contribution < 1.29 is 9.53 Å². The third-order valence-corrected chi connectivity index (χ3v) is 10.4. The van der Waals surface area contributed by atoms with Crippen LogP contribution in [0, 0.1) is 5.41 Å². The van der Waals surface area contributed by atoms with Gasteiger partial charge in [-0.2, -0.15) is 0 Å². The maximum Gasteiger partial charge on any atom is 0.306 e. The largest absolute Gasteiger partial charge is 0.462 e. The number of hydrogen-bond donors (Lipinski definition) is 0.